The minimum atomic E-state index is -0.667. The number of nitrogens with one attached hydrogen (secondary N) is 1. The maximum Gasteiger partial charge on any atom is 0.298 e. The zero-order chi connectivity index (χ0) is 19.0. The van der Waals surface area contributed by atoms with E-state index in [-0.39, 0.29) is 0 Å². The molecule has 1 N–H and O–H groups in total. The molecule has 1 aromatic carbocycles. The molecule has 0 bridgehead atoms. The van der Waals surface area contributed by atoms with Gasteiger partial charge < -0.3 is 0 Å². The number of hydrogen-bond acceptors (Lipinski definition) is 5. The topological polar surface area (TPSA) is 76.9 Å². The molecule has 0 unspecified atom stereocenters. The average Bonchev–Trinajstić information content (AvgIpc) is 3.21. The van der Waals surface area contributed by atoms with Crippen molar-refractivity contribution in [3.63, 3.8) is 0 Å². The van der Waals surface area contributed by atoms with Crippen LogP contribution in [0.3, 0.4) is 0 Å². The van der Waals surface area contributed by atoms with E-state index in [2.05, 4.69) is 15.4 Å². The van der Waals surface area contributed by atoms with Gasteiger partial charge >= 0.3 is 0 Å². The van der Waals surface area contributed by atoms with Crippen LogP contribution in [0.4, 0.5) is 5.13 Å². The zero-order valence-electron chi connectivity index (χ0n) is 15.3. The summed E-state index contributed by atoms with van der Waals surface area (Å²) in [5.74, 6) is -1.25. The molecule has 7 heteroatoms. The number of thiazole rings is 1. The molecule has 0 aliphatic heterocycles. The smallest absolute Gasteiger partial charge is 0.295 e. The van der Waals surface area contributed by atoms with Crippen molar-refractivity contribution in [2.75, 3.05) is 5.32 Å². The third kappa shape index (κ3) is 3.30. The van der Waals surface area contributed by atoms with Gasteiger partial charge in [-0.2, -0.15) is 5.10 Å². The lowest BCUT2D eigenvalue weighted by atomic mass is 10.0. The number of fused-ring (bicyclic) bond motifs is 1. The normalized spacial score (nSPS) is 13.3. The highest BCUT2D eigenvalue weighted by atomic mass is 32.1. The standard InChI is InChI=1S/C20H20N4O2S/c1-12-17(13(2)24(23-12)14-8-4-3-5-9-14)18(25)19(26)22-20-21-15-10-6-7-11-16(15)27-20/h3-5,8-9H,6-7,10-11H2,1-2H3,(H,21,22,26). The summed E-state index contributed by atoms with van der Waals surface area (Å²) in [4.78, 5) is 31.0. The Hall–Kier alpha value is -2.80. The number of aromatic nitrogens is 3. The van der Waals surface area contributed by atoms with E-state index >= 15 is 0 Å². The molecule has 0 spiro atoms. The number of Topliss-reactive ketones (excluding diaryl/α,β-unsaturated/α-hetero) is 1. The van der Waals surface area contributed by atoms with Crippen molar-refractivity contribution >= 4 is 28.2 Å². The lowest BCUT2D eigenvalue weighted by molar-refractivity contribution is -0.112. The van der Waals surface area contributed by atoms with E-state index in [0.29, 0.717) is 22.1 Å². The van der Waals surface area contributed by atoms with E-state index < -0.39 is 11.7 Å². The predicted octanol–water partition coefficient (Wildman–Crippen LogP) is 3.65. The Morgan fingerprint density at radius 1 is 1.11 bits per heavy atom. The third-order valence-electron chi connectivity index (χ3n) is 4.79. The van der Waals surface area contributed by atoms with Crippen molar-refractivity contribution in [2.24, 2.45) is 0 Å². The fourth-order valence-electron chi connectivity index (χ4n) is 3.46. The molecule has 2 aromatic heterocycles. The van der Waals surface area contributed by atoms with Crippen LogP contribution < -0.4 is 5.32 Å². The number of carbonyl (C=O) groups excluding carboxylic acids is 2. The van der Waals surface area contributed by atoms with Gasteiger partial charge in [0.2, 0.25) is 0 Å². The van der Waals surface area contributed by atoms with E-state index in [1.165, 1.54) is 16.2 Å². The van der Waals surface area contributed by atoms with E-state index in [1.54, 1.807) is 18.5 Å². The summed E-state index contributed by atoms with van der Waals surface area (Å²) >= 11 is 1.47. The highest BCUT2D eigenvalue weighted by Gasteiger charge is 2.26. The molecular weight excluding hydrogens is 360 g/mol. The lowest BCUT2D eigenvalue weighted by Crippen LogP contribution is -2.24. The number of carbonyl (C=O) groups is 2. The van der Waals surface area contributed by atoms with Crippen LogP contribution in [0.15, 0.2) is 30.3 Å². The third-order valence-corrected chi connectivity index (χ3v) is 5.86. The SMILES string of the molecule is Cc1nn(-c2ccccc2)c(C)c1C(=O)C(=O)Nc1nc2c(s1)CCCC2. The molecule has 6 nitrogen and oxygen atoms in total. The van der Waals surface area contributed by atoms with Crippen LogP contribution in [0, 0.1) is 13.8 Å². The molecule has 0 radical (unpaired) electrons. The number of benzene rings is 1. The van der Waals surface area contributed by atoms with Crippen molar-refractivity contribution in [3.05, 3.63) is 57.9 Å². The van der Waals surface area contributed by atoms with Gasteiger partial charge in [0, 0.05) is 4.88 Å². The van der Waals surface area contributed by atoms with Crippen molar-refractivity contribution in [2.45, 2.75) is 39.5 Å². The second-order valence-corrected chi connectivity index (χ2v) is 7.76. The second kappa shape index (κ2) is 7.08. The van der Waals surface area contributed by atoms with Crippen LogP contribution in [-0.2, 0) is 17.6 Å². The van der Waals surface area contributed by atoms with Crippen LogP contribution in [0.5, 0.6) is 0 Å². The van der Waals surface area contributed by atoms with E-state index in [4.69, 9.17) is 0 Å². The summed E-state index contributed by atoms with van der Waals surface area (Å²) in [6, 6.07) is 9.55. The number of aryl methyl sites for hydroxylation is 3. The van der Waals surface area contributed by atoms with Crippen LogP contribution in [0.2, 0.25) is 0 Å². The molecule has 2 heterocycles. The number of rotatable bonds is 4. The summed E-state index contributed by atoms with van der Waals surface area (Å²) in [5, 5.41) is 7.64. The highest BCUT2D eigenvalue weighted by molar-refractivity contribution is 7.16. The van der Waals surface area contributed by atoms with Crippen molar-refractivity contribution in [3.8, 4) is 5.69 Å². The Kier molecular flexibility index (Phi) is 4.61. The van der Waals surface area contributed by atoms with Gasteiger partial charge in [-0.3, -0.25) is 14.9 Å². The van der Waals surface area contributed by atoms with Crippen molar-refractivity contribution in [1.29, 1.82) is 0 Å². The first-order chi connectivity index (χ1) is 13.0. The monoisotopic (exact) mass is 380 g/mol. The Balaban J connectivity index is 1.58. The van der Waals surface area contributed by atoms with Gasteiger partial charge in [-0.25, -0.2) is 9.67 Å². The quantitative estimate of drug-likeness (QED) is 0.554. The van der Waals surface area contributed by atoms with E-state index in [9.17, 15) is 9.59 Å². The van der Waals surface area contributed by atoms with Gasteiger partial charge in [0.05, 0.1) is 28.3 Å². The Bertz CT molecular complexity index is 997. The van der Waals surface area contributed by atoms with Crippen molar-refractivity contribution in [1.82, 2.24) is 14.8 Å². The molecule has 1 amide bonds. The zero-order valence-corrected chi connectivity index (χ0v) is 16.1. The predicted molar refractivity (Wildman–Crippen MR) is 105 cm³/mol. The summed E-state index contributed by atoms with van der Waals surface area (Å²) < 4.78 is 1.69. The number of ketones is 1. The molecule has 1 aliphatic carbocycles. The summed E-state index contributed by atoms with van der Waals surface area (Å²) in [7, 11) is 0. The molecule has 0 fully saturated rings. The first-order valence-corrected chi connectivity index (χ1v) is 9.82. The molecular formula is C20H20N4O2S. The molecule has 4 rings (SSSR count). The fourth-order valence-corrected chi connectivity index (χ4v) is 4.51. The average molecular weight is 380 g/mol. The molecule has 0 saturated heterocycles. The van der Waals surface area contributed by atoms with Gasteiger partial charge in [-0.1, -0.05) is 18.2 Å². The van der Waals surface area contributed by atoms with Gasteiger partial charge in [0.1, 0.15) is 0 Å². The molecule has 27 heavy (non-hydrogen) atoms. The van der Waals surface area contributed by atoms with Gasteiger partial charge in [0.25, 0.3) is 11.7 Å². The fraction of sp³-hybridized carbons (Fsp3) is 0.300. The second-order valence-electron chi connectivity index (χ2n) is 6.67. The Morgan fingerprint density at radius 2 is 1.85 bits per heavy atom. The first kappa shape index (κ1) is 17.6. The molecule has 3 aromatic rings. The largest absolute Gasteiger partial charge is 0.298 e. The number of nitrogens with zero attached hydrogens (tertiary/aromatic N) is 3. The molecule has 0 saturated carbocycles. The van der Waals surface area contributed by atoms with Crippen LogP contribution in [0.1, 0.15) is 45.2 Å². The Labute approximate surface area is 161 Å². The highest BCUT2D eigenvalue weighted by Crippen LogP contribution is 2.29. The van der Waals surface area contributed by atoms with Crippen LogP contribution in [0.25, 0.3) is 5.69 Å². The molecule has 0 atom stereocenters. The summed E-state index contributed by atoms with van der Waals surface area (Å²) in [6.45, 7) is 3.55. The van der Waals surface area contributed by atoms with Crippen LogP contribution >= 0.6 is 11.3 Å². The minimum Gasteiger partial charge on any atom is -0.295 e. The van der Waals surface area contributed by atoms with Crippen molar-refractivity contribution < 1.29 is 9.59 Å². The number of amides is 1. The van der Waals surface area contributed by atoms with E-state index in [1.807, 2.05) is 30.3 Å². The minimum absolute atomic E-state index is 0.345. The summed E-state index contributed by atoms with van der Waals surface area (Å²) in [5.41, 5.74) is 3.44. The van der Waals surface area contributed by atoms with E-state index in [0.717, 1.165) is 37.1 Å². The maximum absolute atomic E-state index is 12.8. The first-order valence-electron chi connectivity index (χ1n) is 9.00. The van der Waals surface area contributed by atoms with Gasteiger partial charge in [-0.15, -0.1) is 11.3 Å². The number of anilines is 1. The van der Waals surface area contributed by atoms with Crippen LogP contribution in [-0.4, -0.2) is 26.5 Å². The Morgan fingerprint density at radius 3 is 2.59 bits per heavy atom. The maximum atomic E-state index is 12.8. The molecule has 138 valence electrons. The van der Waals surface area contributed by atoms with Gasteiger partial charge in [0.15, 0.2) is 5.13 Å². The summed E-state index contributed by atoms with van der Waals surface area (Å²) in [6.07, 6.45) is 4.22. The lowest BCUT2D eigenvalue weighted by Gasteiger charge is -2.06. The number of hydrogen-bond donors (Lipinski definition) is 1. The molecule has 1 aliphatic rings. The number of para-hydroxylation sites is 1. The van der Waals surface area contributed by atoms with Gasteiger partial charge in [-0.05, 0) is 51.7 Å².